The van der Waals surface area contributed by atoms with Crippen molar-refractivity contribution in [2.75, 3.05) is 13.1 Å². The van der Waals surface area contributed by atoms with E-state index in [2.05, 4.69) is 47.8 Å². The highest BCUT2D eigenvalue weighted by molar-refractivity contribution is 5.89. The van der Waals surface area contributed by atoms with Gasteiger partial charge in [-0.05, 0) is 43.5 Å². The zero-order chi connectivity index (χ0) is 20.0. The van der Waals surface area contributed by atoms with Crippen LogP contribution in [0.3, 0.4) is 0 Å². The van der Waals surface area contributed by atoms with Crippen molar-refractivity contribution in [3.05, 3.63) is 35.5 Å². The lowest BCUT2D eigenvalue weighted by molar-refractivity contribution is -0.160. The molecule has 0 amide bonds. The molecular weight excluding hydrogens is 388 g/mol. The predicted octanol–water partition coefficient (Wildman–Crippen LogP) is 3.86. The van der Waals surface area contributed by atoms with Crippen LogP contribution in [0.1, 0.15) is 50.7 Å². The summed E-state index contributed by atoms with van der Waals surface area (Å²) in [5, 5.41) is 1.37. The smallest absolute Gasteiger partial charge is 0.310 e. The van der Waals surface area contributed by atoms with Crippen molar-refractivity contribution >= 4 is 35.1 Å². The van der Waals surface area contributed by atoms with E-state index in [1.54, 1.807) is 13.8 Å². The third-order valence-corrected chi connectivity index (χ3v) is 6.71. The normalized spacial score (nSPS) is 24.5. The Morgan fingerprint density at radius 3 is 2.72 bits per heavy atom. The van der Waals surface area contributed by atoms with E-state index in [-0.39, 0.29) is 30.1 Å². The van der Waals surface area contributed by atoms with Crippen LogP contribution in [0.2, 0.25) is 0 Å². The van der Waals surface area contributed by atoms with E-state index in [0.29, 0.717) is 24.9 Å². The maximum Gasteiger partial charge on any atom is 0.310 e. The molecule has 2 unspecified atom stereocenters. The number of aromatic nitrogens is 1. The lowest BCUT2D eigenvalue weighted by Crippen LogP contribution is -2.51. The molecule has 1 aliphatic carbocycles. The fourth-order valence-corrected chi connectivity index (χ4v) is 5.23. The fourth-order valence-electron chi connectivity index (χ4n) is 5.23. The maximum atomic E-state index is 12.9. The van der Waals surface area contributed by atoms with Gasteiger partial charge in [0.15, 0.2) is 11.9 Å². The summed E-state index contributed by atoms with van der Waals surface area (Å²) in [5.74, 6) is -0.112. The van der Waals surface area contributed by atoms with Crippen molar-refractivity contribution in [3.63, 3.8) is 0 Å². The Morgan fingerprint density at radius 2 is 2.03 bits per heavy atom. The molecule has 0 radical (unpaired) electrons. The molecule has 0 bridgehead atoms. The van der Waals surface area contributed by atoms with Crippen LogP contribution in [0, 0.1) is 5.92 Å². The van der Waals surface area contributed by atoms with Gasteiger partial charge in [0.2, 0.25) is 0 Å². The molecular formula is C23H31ClN2O3. The van der Waals surface area contributed by atoms with Crippen LogP contribution in [0.25, 0.3) is 10.9 Å². The highest BCUT2D eigenvalue weighted by atomic mass is 35.5. The number of likely N-dealkylation sites (N-methyl/N-ethyl adjacent to an activating group) is 1. The topological polar surface area (TPSA) is 51.5 Å². The number of nitrogens with zero attached hydrogens (tertiary/aromatic N) is 2. The van der Waals surface area contributed by atoms with Gasteiger partial charge in [-0.3, -0.25) is 14.5 Å². The largest absolute Gasteiger partial charge is 0.454 e. The Kier molecular flexibility index (Phi) is 6.39. The monoisotopic (exact) mass is 418 g/mol. The van der Waals surface area contributed by atoms with Gasteiger partial charge in [0, 0.05) is 49.1 Å². The molecule has 1 aliphatic heterocycles. The van der Waals surface area contributed by atoms with Crippen LogP contribution < -0.4 is 0 Å². The number of carbonyl (C=O) groups excluding carboxylic acids is 2. The van der Waals surface area contributed by atoms with E-state index in [9.17, 15) is 9.59 Å². The molecule has 0 saturated carbocycles. The Morgan fingerprint density at radius 1 is 1.28 bits per heavy atom. The Bertz CT molecular complexity index is 922. The number of hydrogen-bond donors (Lipinski definition) is 0. The molecule has 1 aromatic heterocycles. The molecule has 4 rings (SSSR count). The summed E-state index contributed by atoms with van der Waals surface area (Å²) < 4.78 is 7.76. The minimum atomic E-state index is -0.652. The van der Waals surface area contributed by atoms with E-state index in [1.807, 2.05) is 0 Å². The van der Waals surface area contributed by atoms with Crippen molar-refractivity contribution in [1.82, 2.24) is 9.47 Å². The number of esters is 1. The van der Waals surface area contributed by atoms with Crippen molar-refractivity contribution in [2.24, 2.45) is 13.0 Å². The number of Topliss-reactive ketones (excluding diaryl/α,β-unsaturated/α-hetero) is 1. The SMILES string of the molecule is CCC(=O)C(C)OC(=O)[C@@H]1CC2c3cccc4c3c(cn4C)C[C@H]2N(CC)C1.Cl. The number of ether oxygens (including phenoxy) is 1. The number of fused-ring (bicyclic) bond motifs is 2. The summed E-state index contributed by atoms with van der Waals surface area (Å²) in [6.07, 6.45) is 3.82. The van der Waals surface area contributed by atoms with Crippen LogP contribution in [-0.2, 0) is 27.8 Å². The van der Waals surface area contributed by atoms with Crippen molar-refractivity contribution in [3.8, 4) is 0 Å². The highest BCUT2D eigenvalue weighted by Crippen LogP contribution is 2.45. The van der Waals surface area contributed by atoms with Gasteiger partial charge >= 0.3 is 5.97 Å². The first kappa shape index (κ1) is 21.8. The van der Waals surface area contributed by atoms with Crippen molar-refractivity contribution in [1.29, 1.82) is 0 Å². The number of aryl methyl sites for hydroxylation is 1. The first-order valence-corrected chi connectivity index (χ1v) is 10.5. The Balaban J connectivity index is 0.00000240. The second kappa shape index (κ2) is 8.49. The minimum absolute atomic E-state index is 0. The summed E-state index contributed by atoms with van der Waals surface area (Å²) in [6, 6.07) is 6.95. The molecule has 0 N–H and O–H groups in total. The molecule has 0 spiro atoms. The van der Waals surface area contributed by atoms with Gasteiger partial charge in [-0.1, -0.05) is 26.0 Å². The molecule has 4 atom stereocenters. The zero-order valence-electron chi connectivity index (χ0n) is 17.7. The number of rotatable bonds is 5. The molecule has 5 nitrogen and oxygen atoms in total. The average molecular weight is 419 g/mol. The van der Waals surface area contributed by atoms with E-state index in [1.165, 1.54) is 22.0 Å². The Hall–Kier alpha value is -1.85. The number of likely N-dealkylation sites (tertiary alicyclic amines) is 1. The van der Waals surface area contributed by atoms with E-state index >= 15 is 0 Å². The highest BCUT2D eigenvalue weighted by Gasteiger charge is 2.43. The van der Waals surface area contributed by atoms with Gasteiger partial charge in [-0.15, -0.1) is 12.4 Å². The molecule has 6 heteroatoms. The number of piperidine rings is 1. The molecule has 2 aromatic rings. The first-order valence-electron chi connectivity index (χ1n) is 10.5. The number of carbonyl (C=O) groups is 2. The second-order valence-electron chi connectivity index (χ2n) is 8.30. The lowest BCUT2D eigenvalue weighted by atomic mass is 9.72. The van der Waals surface area contributed by atoms with E-state index in [0.717, 1.165) is 19.4 Å². The quantitative estimate of drug-likeness (QED) is 0.692. The number of hydrogen-bond acceptors (Lipinski definition) is 4. The van der Waals surface area contributed by atoms with Crippen molar-refractivity contribution in [2.45, 2.75) is 58.1 Å². The first-order chi connectivity index (χ1) is 13.4. The molecule has 1 fully saturated rings. The average Bonchev–Trinajstić information content (AvgIpc) is 3.03. The maximum absolute atomic E-state index is 12.9. The molecule has 158 valence electrons. The van der Waals surface area contributed by atoms with Crippen LogP contribution in [0.15, 0.2) is 24.4 Å². The lowest BCUT2D eigenvalue weighted by Gasteiger charge is -2.46. The van der Waals surface area contributed by atoms with Crippen LogP contribution >= 0.6 is 12.4 Å². The number of halogens is 1. The standard InChI is InChI=1S/C23H30N2O3.ClH/c1-5-21(26)14(3)28-23(27)16-10-18-17-8-7-9-19-22(17)15(12-24(19)4)11-20(18)25(6-2)13-16;/h7-9,12,14,16,18,20H,5-6,10-11,13H2,1-4H3;1H/t14?,16-,18?,20-;/m1./s1. The van der Waals surface area contributed by atoms with Crippen LogP contribution in [-0.4, -0.2) is 46.5 Å². The van der Waals surface area contributed by atoms with E-state index in [4.69, 9.17) is 4.74 Å². The zero-order valence-corrected chi connectivity index (χ0v) is 18.5. The third kappa shape index (κ3) is 3.71. The molecule has 29 heavy (non-hydrogen) atoms. The summed E-state index contributed by atoms with van der Waals surface area (Å²) in [6.45, 7) is 7.27. The number of ketones is 1. The molecule has 1 aromatic carbocycles. The second-order valence-corrected chi connectivity index (χ2v) is 8.30. The van der Waals surface area contributed by atoms with Gasteiger partial charge in [0.05, 0.1) is 5.92 Å². The van der Waals surface area contributed by atoms with E-state index < -0.39 is 6.10 Å². The molecule has 2 aliphatic rings. The summed E-state index contributed by atoms with van der Waals surface area (Å²) >= 11 is 0. The van der Waals surface area contributed by atoms with Crippen molar-refractivity contribution < 1.29 is 14.3 Å². The summed E-state index contributed by atoms with van der Waals surface area (Å²) in [5.41, 5.74) is 4.04. The minimum Gasteiger partial charge on any atom is -0.454 e. The van der Waals surface area contributed by atoms with Gasteiger partial charge in [-0.2, -0.15) is 0 Å². The molecule has 2 heterocycles. The molecule has 1 saturated heterocycles. The van der Waals surface area contributed by atoms with Gasteiger partial charge < -0.3 is 9.30 Å². The van der Waals surface area contributed by atoms with Gasteiger partial charge in [0.25, 0.3) is 0 Å². The van der Waals surface area contributed by atoms with Crippen LogP contribution in [0.5, 0.6) is 0 Å². The summed E-state index contributed by atoms with van der Waals surface area (Å²) in [7, 11) is 2.11. The predicted molar refractivity (Wildman–Crippen MR) is 117 cm³/mol. The number of benzene rings is 1. The Labute approximate surface area is 178 Å². The van der Waals surface area contributed by atoms with Gasteiger partial charge in [-0.25, -0.2) is 0 Å². The summed E-state index contributed by atoms with van der Waals surface area (Å²) in [4.78, 5) is 27.1. The fraction of sp³-hybridized carbons (Fsp3) is 0.565. The third-order valence-electron chi connectivity index (χ3n) is 6.71. The van der Waals surface area contributed by atoms with Crippen LogP contribution in [0.4, 0.5) is 0 Å². The van der Waals surface area contributed by atoms with Gasteiger partial charge in [0.1, 0.15) is 0 Å².